The fourth-order valence-corrected chi connectivity index (χ4v) is 3.61. The summed E-state index contributed by atoms with van der Waals surface area (Å²) in [5, 5.41) is 0.449. The van der Waals surface area contributed by atoms with E-state index in [1.807, 2.05) is 19.1 Å². The highest BCUT2D eigenvalue weighted by Crippen LogP contribution is 2.38. The molecule has 1 saturated heterocycles. The van der Waals surface area contributed by atoms with E-state index in [0.717, 1.165) is 11.1 Å². The molecule has 29 heavy (non-hydrogen) atoms. The second kappa shape index (κ2) is 8.92. The van der Waals surface area contributed by atoms with E-state index >= 15 is 0 Å². The number of hydrogen-bond donors (Lipinski definition) is 0. The van der Waals surface area contributed by atoms with E-state index in [4.69, 9.17) is 21.7 Å². The fourth-order valence-electron chi connectivity index (χ4n) is 2.86. The Balaban J connectivity index is 1.90. The van der Waals surface area contributed by atoms with Gasteiger partial charge in [-0.3, -0.25) is 9.69 Å². The lowest BCUT2D eigenvalue weighted by Gasteiger charge is -2.15. The van der Waals surface area contributed by atoms with Gasteiger partial charge >= 0.3 is 0 Å². The lowest BCUT2D eigenvalue weighted by atomic mass is 10.1. The van der Waals surface area contributed by atoms with E-state index in [9.17, 15) is 9.18 Å². The quantitative estimate of drug-likeness (QED) is 0.448. The van der Waals surface area contributed by atoms with Crippen LogP contribution in [0.2, 0.25) is 0 Å². The number of benzene rings is 2. The second-order valence-electron chi connectivity index (χ2n) is 6.41. The van der Waals surface area contributed by atoms with Crippen LogP contribution >= 0.6 is 28.1 Å². The molecule has 0 bridgehead atoms. The molecule has 2 aromatic rings. The molecule has 0 aromatic heterocycles. The van der Waals surface area contributed by atoms with Crippen LogP contribution < -0.4 is 9.47 Å². The smallest absolute Gasteiger partial charge is 0.276 e. The van der Waals surface area contributed by atoms with Crippen LogP contribution in [0.25, 0.3) is 6.08 Å². The van der Waals surface area contributed by atoms with E-state index < -0.39 is 0 Å². The van der Waals surface area contributed by atoms with Gasteiger partial charge in [0.05, 0.1) is 11.1 Å². The van der Waals surface area contributed by atoms with Crippen molar-refractivity contribution in [1.29, 1.82) is 0 Å². The monoisotopic (exact) mass is 478 g/mol. The lowest BCUT2D eigenvalue weighted by molar-refractivity contribution is -0.121. The van der Waals surface area contributed by atoms with Crippen LogP contribution in [0.1, 0.15) is 18.1 Å². The Kier molecular flexibility index (Phi) is 6.54. The number of ether oxygens (including phenoxy) is 2. The number of halogens is 2. The van der Waals surface area contributed by atoms with E-state index in [0.29, 0.717) is 33.4 Å². The maximum atomic E-state index is 13.1. The third kappa shape index (κ3) is 4.59. The standard InChI is InChI=1S/C21H20BrFN2O3S/c1-4-27-18-11-14(10-17-20(26)25(3)21(29)24(17)2)9-16(22)19(18)28-12-13-5-7-15(23)8-6-13/h5-11H,4,12H2,1-3H3/b17-10-. The molecule has 0 N–H and O–H groups in total. The lowest BCUT2D eigenvalue weighted by Crippen LogP contribution is -2.26. The molecule has 152 valence electrons. The van der Waals surface area contributed by atoms with Crippen molar-refractivity contribution in [2.75, 3.05) is 20.7 Å². The summed E-state index contributed by atoms with van der Waals surface area (Å²) in [6, 6.07) is 9.78. The van der Waals surface area contributed by atoms with Gasteiger partial charge in [0.1, 0.15) is 18.1 Å². The molecular weight excluding hydrogens is 459 g/mol. The van der Waals surface area contributed by atoms with Gasteiger partial charge in [-0.25, -0.2) is 4.39 Å². The zero-order valence-corrected chi connectivity index (χ0v) is 18.6. The predicted octanol–water partition coefficient (Wildman–Crippen LogP) is 4.60. The van der Waals surface area contributed by atoms with Crippen molar-refractivity contribution in [3.8, 4) is 11.5 Å². The van der Waals surface area contributed by atoms with Gasteiger partial charge in [0.25, 0.3) is 5.91 Å². The number of thiocarbonyl (C=S) groups is 1. The molecule has 1 aliphatic heterocycles. The van der Waals surface area contributed by atoms with Gasteiger partial charge in [-0.05, 0) is 76.5 Å². The maximum Gasteiger partial charge on any atom is 0.276 e. The van der Waals surface area contributed by atoms with Crippen LogP contribution in [0.5, 0.6) is 11.5 Å². The highest BCUT2D eigenvalue weighted by atomic mass is 79.9. The zero-order valence-electron chi connectivity index (χ0n) is 16.2. The number of likely N-dealkylation sites (N-methyl/N-ethyl adjacent to an activating group) is 2. The summed E-state index contributed by atoms with van der Waals surface area (Å²) in [6.07, 6.45) is 1.76. The Morgan fingerprint density at radius 3 is 2.41 bits per heavy atom. The van der Waals surface area contributed by atoms with Crippen LogP contribution in [0, 0.1) is 5.82 Å². The first-order chi connectivity index (χ1) is 13.8. The van der Waals surface area contributed by atoms with Crippen molar-refractivity contribution in [3.05, 3.63) is 63.5 Å². The Hall–Kier alpha value is -2.45. The van der Waals surface area contributed by atoms with Gasteiger partial charge in [-0.2, -0.15) is 0 Å². The largest absolute Gasteiger partial charge is 0.490 e. The molecule has 8 heteroatoms. The molecule has 1 aliphatic rings. The Bertz CT molecular complexity index is 979. The Labute approximate surface area is 182 Å². The van der Waals surface area contributed by atoms with E-state index in [-0.39, 0.29) is 18.3 Å². The molecular formula is C21H20BrFN2O3S. The molecule has 1 heterocycles. The third-order valence-electron chi connectivity index (χ3n) is 4.39. The minimum atomic E-state index is -0.293. The first-order valence-electron chi connectivity index (χ1n) is 8.92. The predicted molar refractivity (Wildman–Crippen MR) is 117 cm³/mol. The normalized spacial score (nSPS) is 15.4. The van der Waals surface area contributed by atoms with Gasteiger partial charge < -0.3 is 14.4 Å². The van der Waals surface area contributed by atoms with Crippen molar-refractivity contribution < 1.29 is 18.7 Å². The van der Waals surface area contributed by atoms with Crippen LogP contribution in [0.15, 0.2) is 46.6 Å². The molecule has 1 amide bonds. The molecule has 0 atom stereocenters. The summed E-state index contributed by atoms with van der Waals surface area (Å²) in [6.45, 7) is 2.59. The van der Waals surface area contributed by atoms with Gasteiger partial charge in [0.15, 0.2) is 16.6 Å². The molecule has 0 spiro atoms. The number of rotatable bonds is 6. The molecule has 3 rings (SSSR count). The van der Waals surface area contributed by atoms with Crippen molar-refractivity contribution in [3.63, 3.8) is 0 Å². The molecule has 1 fully saturated rings. The number of amides is 1. The summed E-state index contributed by atoms with van der Waals surface area (Å²) >= 11 is 8.78. The van der Waals surface area contributed by atoms with Crippen LogP contribution in [0.3, 0.4) is 0 Å². The fraction of sp³-hybridized carbons (Fsp3) is 0.238. The summed E-state index contributed by atoms with van der Waals surface area (Å²) in [7, 11) is 3.41. The second-order valence-corrected chi connectivity index (χ2v) is 7.63. The Morgan fingerprint density at radius 1 is 1.14 bits per heavy atom. The van der Waals surface area contributed by atoms with Gasteiger partial charge in [-0.15, -0.1) is 0 Å². The Morgan fingerprint density at radius 2 is 1.83 bits per heavy atom. The summed E-state index contributed by atoms with van der Waals surface area (Å²) in [5.41, 5.74) is 2.08. The van der Waals surface area contributed by atoms with Crippen LogP contribution in [-0.2, 0) is 11.4 Å². The highest BCUT2D eigenvalue weighted by Gasteiger charge is 2.32. The molecule has 5 nitrogen and oxygen atoms in total. The minimum Gasteiger partial charge on any atom is -0.490 e. The summed E-state index contributed by atoms with van der Waals surface area (Å²) in [4.78, 5) is 15.5. The van der Waals surface area contributed by atoms with Crippen molar-refractivity contribution in [2.45, 2.75) is 13.5 Å². The molecule has 0 unspecified atom stereocenters. The third-order valence-corrected chi connectivity index (χ3v) is 5.53. The SMILES string of the molecule is CCOc1cc(/C=C2/C(=O)N(C)C(=S)N2C)cc(Br)c1OCc1ccc(F)cc1. The highest BCUT2D eigenvalue weighted by molar-refractivity contribution is 9.10. The zero-order chi connectivity index (χ0) is 21.1. The topological polar surface area (TPSA) is 42.0 Å². The van der Waals surface area contributed by atoms with E-state index in [1.165, 1.54) is 17.0 Å². The number of carbonyl (C=O) groups excluding carboxylic acids is 1. The van der Waals surface area contributed by atoms with E-state index in [2.05, 4.69) is 15.9 Å². The number of hydrogen-bond acceptors (Lipinski definition) is 4. The van der Waals surface area contributed by atoms with Crippen LogP contribution in [0.4, 0.5) is 4.39 Å². The van der Waals surface area contributed by atoms with Gasteiger partial charge in [0.2, 0.25) is 0 Å². The number of nitrogens with zero attached hydrogens (tertiary/aromatic N) is 2. The van der Waals surface area contributed by atoms with E-state index in [1.54, 1.807) is 37.2 Å². The van der Waals surface area contributed by atoms with Gasteiger partial charge in [0, 0.05) is 14.1 Å². The summed E-state index contributed by atoms with van der Waals surface area (Å²) < 4.78 is 25.4. The average molecular weight is 479 g/mol. The molecule has 0 aliphatic carbocycles. The average Bonchev–Trinajstić information content (AvgIpc) is 2.87. The minimum absolute atomic E-state index is 0.164. The summed E-state index contributed by atoms with van der Waals surface area (Å²) in [5.74, 6) is 0.624. The van der Waals surface area contributed by atoms with Crippen LogP contribution in [-0.4, -0.2) is 41.5 Å². The van der Waals surface area contributed by atoms with Crippen molar-refractivity contribution in [2.24, 2.45) is 0 Å². The maximum absolute atomic E-state index is 13.1. The van der Waals surface area contributed by atoms with Gasteiger partial charge in [-0.1, -0.05) is 12.1 Å². The first-order valence-corrected chi connectivity index (χ1v) is 10.1. The number of carbonyl (C=O) groups is 1. The molecule has 0 radical (unpaired) electrons. The molecule has 2 aromatic carbocycles. The molecule has 0 saturated carbocycles. The van der Waals surface area contributed by atoms with Crippen molar-refractivity contribution in [1.82, 2.24) is 9.80 Å². The first kappa shape index (κ1) is 21.3. The van der Waals surface area contributed by atoms with Crippen molar-refractivity contribution >= 4 is 45.2 Å².